The predicted molar refractivity (Wildman–Crippen MR) is 100 cm³/mol. The molecule has 25 heavy (non-hydrogen) atoms. The van der Waals surface area contributed by atoms with Crippen LogP contribution in [0.4, 0.5) is 0 Å². The van der Waals surface area contributed by atoms with Crippen LogP contribution < -0.4 is 0 Å². The summed E-state index contributed by atoms with van der Waals surface area (Å²) in [6.45, 7) is 3.17. The first-order chi connectivity index (χ1) is 12.1. The highest BCUT2D eigenvalue weighted by Gasteiger charge is 2.11. The maximum absolute atomic E-state index is 10.4. The second-order valence-electron chi connectivity index (χ2n) is 5.54. The van der Waals surface area contributed by atoms with E-state index in [-0.39, 0.29) is 5.75 Å². The van der Waals surface area contributed by atoms with E-state index in [1.54, 1.807) is 0 Å². The third-order valence-electron chi connectivity index (χ3n) is 3.52. The van der Waals surface area contributed by atoms with Gasteiger partial charge in [-0.05, 0) is 49.8 Å². The lowest BCUT2D eigenvalue weighted by Crippen LogP contribution is -2.03. The third kappa shape index (κ3) is 7.10. The quantitative estimate of drug-likeness (QED) is 0.577. The molecule has 0 saturated carbocycles. The lowest BCUT2D eigenvalue weighted by molar-refractivity contribution is -0.133. The Morgan fingerprint density at radius 1 is 1.28 bits per heavy atom. The maximum atomic E-state index is 10.4. The topological polar surface area (TPSA) is 72.6 Å². The fraction of sp³-hybridized carbons (Fsp3) is 0.444. The van der Waals surface area contributed by atoms with Gasteiger partial charge in [-0.3, -0.25) is 4.79 Å². The van der Waals surface area contributed by atoms with Gasteiger partial charge in [0.1, 0.15) is 5.76 Å². The van der Waals surface area contributed by atoms with Gasteiger partial charge in [-0.2, -0.15) is 11.8 Å². The van der Waals surface area contributed by atoms with E-state index in [1.807, 2.05) is 31.2 Å². The van der Waals surface area contributed by atoms with Gasteiger partial charge in [0.25, 0.3) is 0 Å². The van der Waals surface area contributed by atoms with Crippen LogP contribution in [-0.2, 0) is 16.0 Å². The molecule has 2 aromatic rings. The number of aromatic nitrogens is 1. The smallest absolute Gasteiger partial charge is 0.313 e. The number of aryl methyl sites for hydroxylation is 1. The van der Waals surface area contributed by atoms with Crippen molar-refractivity contribution in [2.75, 3.05) is 24.7 Å². The number of carbonyl (C=O) groups is 1. The lowest BCUT2D eigenvalue weighted by atomic mass is 10.2. The normalized spacial score (nSPS) is 11.0. The van der Waals surface area contributed by atoms with Crippen LogP contribution in [0.25, 0.3) is 11.5 Å². The Bertz CT molecular complexity index is 672. The Hall–Kier alpha value is -1.50. The van der Waals surface area contributed by atoms with Crippen molar-refractivity contribution in [3.8, 4) is 11.5 Å². The molecule has 1 aromatic heterocycles. The van der Waals surface area contributed by atoms with E-state index >= 15 is 0 Å². The van der Waals surface area contributed by atoms with Crippen LogP contribution >= 0.6 is 23.4 Å². The SMILES string of the molecule is Cc1oc(-c2ccc(Cl)cc2)nc1CCOCCCCSCC(=O)O. The Morgan fingerprint density at radius 2 is 2.04 bits per heavy atom. The molecule has 136 valence electrons. The molecule has 0 aliphatic rings. The van der Waals surface area contributed by atoms with Crippen molar-refractivity contribution in [2.45, 2.75) is 26.2 Å². The van der Waals surface area contributed by atoms with Gasteiger partial charge in [0.2, 0.25) is 5.89 Å². The summed E-state index contributed by atoms with van der Waals surface area (Å²) in [4.78, 5) is 14.9. The van der Waals surface area contributed by atoms with Crippen molar-refractivity contribution in [2.24, 2.45) is 0 Å². The average Bonchev–Trinajstić information content (AvgIpc) is 2.94. The van der Waals surface area contributed by atoms with Crippen molar-refractivity contribution in [3.05, 3.63) is 40.7 Å². The molecule has 0 radical (unpaired) electrons. The van der Waals surface area contributed by atoms with E-state index in [9.17, 15) is 4.79 Å². The van der Waals surface area contributed by atoms with Crippen molar-refractivity contribution in [3.63, 3.8) is 0 Å². The highest BCUT2D eigenvalue weighted by molar-refractivity contribution is 7.99. The van der Waals surface area contributed by atoms with Crippen molar-refractivity contribution < 1.29 is 19.1 Å². The monoisotopic (exact) mass is 383 g/mol. The van der Waals surface area contributed by atoms with Crippen LogP contribution in [0.2, 0.25) is 5.02 Å². The van der Waals surface area contributed by atoms with Crippen LogP contribution in [0.15, 0.2) is 28.7 Å². The molecular formula is C18H22ClNO4S. The van der Waals surface area contributed by atoms with Crippen molar-refractivity contribution in [1.82, 2.24) is 4.98 Å². The molecule has 0 fully saturated rings. The summed E-state index contributed by atoms with van der Waals surface area (Å²) in [5.74, 6) is 1.66. The Labute approximate surface area is 156 Å². The maximum Gasteiger partial charge on any atom is 0.313 e. The zero-order chi connectivity index (χ0) is 18.1. The highest BCUT2D eigenvalue weighted by atomic mass is 35.5. The molecule has 0 unspecified atom stereocenters. The molecule has 0 spiro atoms. The molecule has 0 amide bonds. The van der Waals surface area contributed by atoms with E-state index in [0.29, 0.717) is 30.5 Å². The van der Waals surface area contributed by atoms with E-state index in [4.69, 9.17) is 25.9 Å². The molecule has 1 N–H and O–H groups in total. The molecule has 0 bridgehead atoms. The first-order valence-corrected chi connectivity index (χ1v) is 9.69. The minimum atomic E-state index is -0.762. The van der Waals surface area contributed by atoms with E-state index in [2.05, 4.69) is 4.98 Å². The summed E-state index contributed by atoms with van der Waals surface area (Å²) in [6, 6.07) is 7.40. The molecule has 1 aromatic carbocycles. The van der Waals surface area contributed by atoms with Crippen LogP contribution in [0.5, 0.6) is 0 Å². The molecule has 2 rings (SSSR count). The molecule has 1 heterocycles. The van der Waals surface area contributed by atoms with Gasteiger partial charge in [0.05, 0.1) is 18.1 Å². The largest absolute Gasteiger partial charge is 0.481 e. The standard InChI is InChI=1S/C18H22ClNO4S/c1-13-16(8-10-23-9-2-3-11-25-12-17(21)22)20-18(24-13)14-4-6-15(19)7-5-14/h4-7H,2-3,8-12H2,1H3,(H,21,22). The molecule has 5 nitrogen and oxygen atoms in total. The average molecular weight is 384 g/mol. The first kappa shape index (κ1) is 19.8. The Kier molecular flexibility index (Phi) is 8.31. The van der Waals surface area contributed by atoms with Gasteiger partial charge < -0.3 is 14.3 Å². The fourth-order valence-electron chi connectivity index (χ4n) is 2.21. The summed E-state index contributed by atoms with van der Waals surface area (Å²) in [5.41, 5.74) is 1.81. The number of unbranched alkanes of at least 4 members (excludes halogenated alkanes) is 1. The number of ether oxygens (including phenoxy) is 1. The van der Waals surface area contributed by atoms with Crippen molar-refractivity contribution >= 4 is 29.3 Å². The zero-order valence-electron chi connectivity index (χ0n) is 14.2. The molecule has 0 atom stereocenters. The Morgan fingerprint density at radius 3 is 2.76 bits per heavy atom. The summed E-state index contributed by atoms with van der Waals surface area (Å²) in [6.07, 6.45) is 2.60. The summed E-state index contributed by atoms with van der Waals surface area (Å²) in [5, 5.41) is 9.22. The molecule has 7 heteroatoms. The molecule has 0 aliphatic heterocycles. The summed E-state index contributed by atoms with van der Waals surface area (Å²) < 4.78 is 11.3. The lowest BCUT2D eigenvalue weighted by Gasteiger charge is -2.03. The van der Waals surface area contributed by atoms with Crippen molar-refractivity contribution in [1.29, 1.82) is 0 Å². The van der Waals surface area contributed by atoms with Gasteiger partial charge >= 0.3 is 5.97 Å². The summed E-state index contributed by atoms with van der Waals surface area (Å²) >= 11 is 7.33. The number of halogens is 1. The van der Waals surface area contributed by atoms with Gasteiger partial charge in [0.15, 0.2) is 0 Å². The van der Waals surface area contributed by atoms with E-state index in [1.165, 1.54) is 11.8 Å². The number of oxazole rings is 1. The van der Waals surface area contributed by atoms with Gasteiger partial charge in [0, 0.05) is 23.6 Å². The van der Waals surface area contributed by atoms with Gasteiger partial charge in [-0.1, -0.05) is 11.6 Å². The van der Waals surface area contributed by atoms with Gasteiger partial charge in [-0.25, -0.2) is 4.98 Å². The zero-order valence-corrected chi connectivity index (χ0v) is 15.7. The summed E-state index contributed by atoms with van der Waals surface area (Å²) in [7, 11) is 0. The highest BCUT2D eigenvalue weighted by Crippen LogP contribution is 2.23. The molecule has 0 saturated heterocycles. The van der Waals surface area contributed by atoms with Crippen LogP contribution in [0.1, 0.15) is 24.3 Å². The number of hydrogen-bond donors (Lipinski definition) is 1. The number of thioether (sulfide) groups is 1. The number of carboxylic acid groups (broad SMARTS) is 1. The van der Waals surface area contributed by atoms with Gasteiger partial charge in [-0.15, -0.1) is 0 Å². The second kappa shape index (κ2) is 10.5. The van der Waals surface area contributed by atoms with Crippen LogP contribution in [-0.4, -0.2) is 40.8 Å². The third-order valence-corrected chi connectivity index (χ3v) is 4.80. The minimum Gasteiger partial charge on any atom is -0.481 e. The number of aliphatic carboxylic acids is 1. The fourth-order valence-corrected chi connectivity index (χ4v) is 3.07. The number of nitrogens with zero attached hydrogens (tertiary/aromatic N) is 1. The number of hydrogen-bond acceptors (Lipinski definition) is 5. The van der Waals surface area contributed by atoms with E-state index < -0.39 is 5.97 Å². The number of benzene rings is 1. The molecular weight excluding hydrogens is 362 g/mol. The predicted octanol–water partition coefficient (Wildman–Crippen LogP) is 4.46. The van der Waals surface area contributed by atoms with E-state index in [0.717, 1.165) is 35.6 Å². The minimum absolute atomic E-state index is 0.169. The first-order valence-electron chi connectivity index (χ1n) is 8.16. The number of rotatable bonds is 11. The van der Waals surface area contributed by atoms with Crippen LogP contribution in [0.3, 0.4) is 0 Å². The number of carboxylic acids is 1. The second-order valence-corrected chi connectivity index (χ2v) is 7.09. The Balaban J connectivity index is 1.66. The van der Waals surface area contributed by atoms with Crippen LogP contribution in [0, 0.1) is 6.92 Å². The molecule has 0 aliphatic carbocycles.